The first-order chi connectivity index (χ1) is 20.5. The molecule has 1 fully saturated rings. The zero-order valence-corrected chi connectivity index (χ0v) is 25.9. The number of carbonyl (C=O) groups excluding carboxylic acids is 2. The van der Waals surface area contributed by atoms with Crippen molar-refractivity contribution in [2.45, 2.75) is 84.5 Å². The number of carbonyl (C=O) groups is 2. The lowest BCUT2D eigenvalue weighted by atomic mass is 9.97. The Hall–Kier alpha value is -3.22. The van der Waals surface area contributed by atoms with Crippen molar-refractivity contribution in [2.75, 3.05) is 26.8 Å². The van der Waals surface area contributed by atoms with Crippen LogP contribution in [0.15, 0.2) is 6.33 Å². The van der Waals surface area contributed by atoms with Gasteiger partial charge in [-0.15, -0.1) is 0 Å². The zero-order chi connectivity index (χ0) is 32.9. The lowest BCUT2D eigenvalue weighted by Crippen LogP contribution is -2.46. The van der Waals surface area contributed by atoms with Gasteiger partial charge in [0, 0.05) is 0 Å². The quantitative estimate of drug-likeness (QED) is 0.174. The van der Waals surface area contributed by atoms with Crippen molar-refractivity contribution < 1.29 is 70.0 Å². The third kappa shape index (κ3) is 8.48. The van der Waals surface area contributed by atoms with E-state index in [9.17, 15) is 19.3 Å². The van der Waals surface area contributed by atoms with E-state index in [1.807, 2.05) is 0 Å². The van der Waals surface area contributed by atoms with Crippen LogP contribution in [0, 0.1) is 6.92 Å². The molecule has 0 bridgehead atoms. The number of fused-ring (bicyclic) bond motifs is 1. The highest BCUT2D eigenvalue weighted by Crippen LogP contribution is 2.54. The lowest BCUT2D eigenvalue weighted by molar-refractivity contribution is -0.205. The molecule has 3 rings (SSSR count). The number of nitrogens with zero attached hydrogens (tertiary/aromatic N) is 4. The molecule has 0 saturated carbocycles. The van der Waals surface area contributed by atoms with Crippen LogP contribution in [0.3, 0.4) is 0 Å². The zero-order valence-electron chi connectivity index (χ0n) is 25.1. The SMILES string of the molecule is CCOc1nc(C)nc2c1ncn2[C@@H]1O[C@](F)(COP(=O)(OCOC(=O)OC(C)C)OCOC(=O)OC(C)C)[C@@H](O)[C@@]1(C)F. The van der Waals surface area contributed by atoms with E-state index in [-0.39, 0.29) is 29.5 Å². The van der Waals surface area contributed by atoms with Crippen molar-refractivity contribution in [1.29, 1.82) is 0 Å². The maximum atomic E-state index is 16.1. The van der Waals surface area contributed by atoms with E-state index in [1.165, 1.54) is 27.7 Å². The average Bonchev–Trinajstić information content (AvgIpc) is 3.39. The second-order valence-electron chi connectivity index (χ2n) is 9.98. The molecule has 0 aliphatic carbocycles. The molecular weight excluding hydrogens is 621 g/mol. The molecule has 1 aliphatic heterocycles. The van der Waals surface area contributed by atoms with Gasteiger partial charge >= 0.3 is 20.1 Å². The number of aryl methyl sites for hydroxylation is 1. The number of alkyl halides is 2. The second-order valence-corrected chi connectivity index (χ2v) is 11.6. The monoisotopic (exact) mass is 656 g/mol. The van der Waals surface area contributed by atoms with Gasteiger partial charge in [-0.25, -0.2) is 42.0 Å². The number of rotatable bonds is 14. The molecule has 0 radical (unpaired) electrons. The molecule has 0 aromatic carbocycles. The lowest BCUT2D eigenvalue weighted by Gasteiger charge is -2.26. The first-order valence-corrected chi connectivity index (χ1v) is 14.8. The van der Waals surface area contributed by atoms with E-state index >= 15 is 8.78 Å². The van der Waals surface area contributed by atoms with Crippen LogP contribution in [0.5, 0.6) is 5.88 Å². The highest BCUT2D eigenvalue weighted by Gasteiger charge is 2.65. The second kappa shape index (κ2) is 14.3. The number of imidazole rings is 1. The van der Waals surface area contributed by atoms with Gasteiger partial charge in [0.05, 0.1) is 25.1 Å². The summed E-state index contributed by atoms with van der Waals surface area (Å²) in [5.74, 6) is -3.05. The summed E-state index contributed by atoms with van der Waals surface area (Å²) < 4.78 is 90.4. The molecule has 20 heteroatoms. The fourth-order valence-electron chi connectivity index (χ4n) is 3.78. The van der Waals surface area contributed by atoms with Gasteiger partial charge in [-0.1, -0.05) is 0 Å². The van der Waals surface area contributed by atoms with Gasteiger partial charge in [-0.2, -0.15) is 4.98 Å². The molecule has 4 atom stereocenters. The van der Waals surface area contributed by atoms with Gasteiger partial charge in [0.1, 0.15) is 12.4 Å². The molecule has 0 amide bonds. The van der Waals surface area contributed by atoms with Crippen LogP contribution >= 0.6 is 7.82 Å². The number of hydrogen-bond donors (Lipinski definition) is 1. The number of ether oxygens (including phenoxy) is 6. The Morgan fingerprint density at radius 2 is 1.64 bits per heavy atom. The smallest absolute Gasteiger partial charge is 0.476 e. The van der Waals surface area contributed by atoms with Crippen molar-refractivity contribution in [2.24, 2.45) is 0 Å². The first kappa shape index (κ1) is 35.3. The Morgan fingerprint density at radius 1 is 1.07 bits per heavy atom. The van der Waals surface area contributed by atoms with Gasteiger partial charge in [0.2, 0.25) is 19.5 Å². The average molecular weight is 657 g/mol. The van der Waals surface area contributed by atoms with Crippen LogP contribution in [0.4, 0.5) is 18.4 Å². The topological polar surface area (TPSA) is 198 Å². The Morgan fingerprint density at radius 3 is 2.16 bits per heavy atom. The van der Waals surface area contributed by atoms with Gasteiger partial charge in [-0.3, -0.25) is 9.09 Å². The summed E-state index contributed by atoms with van der Waals surface area (Å²) in [7, 11) is -4.98. The third-order valence-corrected chi connectivity index (χ3v) is 6.92. The molecule has 1 aliphatic rings. The summed E-state index contributed by atoms with van der Waals surface area (Å²) in [5.41, 5.74) is -2.70. The summed E-state index contributed by atoms with van der Waals surface area (Å²) in [6.07, 6.45) is -6.86. The van der Waals surface area contributed by atoms with Crippen LogP contribution in [0.1, 0.15) is 53.6 Å². The molecule has 0 unspecified atom stereocenters. The van der Waals surface area contributed by atoms with Gasteiger partial charge in [-0.05, 0) is 48.5 Å². The number of hydrogen-bond acceptors (Lipinski definition) is 16. The van der Waals surface area contributed by atoms with E-state index in [0.29, 0.717) is 0 Å². The molecule has 44 heavy (non-hydrogen) atoms. The summed E-state index contributed by atoms with van der Waals surface area (Å²) >= 11 is 0. The summed E-state index contributed by atoms with van der Waals surface area (Å²) in [6, 6.07) is 0. The van der Waals surface area contributed by atoms with Crippen LogP contribution < -0.4 is 4.74 Å². The Bertz CT molecular complexity index is 1330. The first-order valence-electron chi connectivity index (χ1n) is 13.3. The molecular formula is C24H35F2N4O13P. The number of aliphatic hydroxyl groups excluding tert-OH is 1. The van der Waals surface area contributed by atoms with E-state index < -0.39 is 76.4 Å². The van der Waals surface area contributed by atoms with Crippen LogP contribution in [-0.2, 0) is 41.8 Å². The highest BCUT2D eigenvalue weighted by atomic mass is 31.2. The fraction of sp³-hybridized carbons (Fsp3) is 0.708. The van der Waals surface area contributed by atoms with Gasteiger partial charge in [0.25, 0.3) is 5.85 Å². The Labute approximate surface area is 250 Å². The summed E-state index contributed by atoms with van der Waals surface area (Å²) in [4.78, 5) is 35.8. The maximum Gasteiger partial charge on any atom is 0.510 e. The number of phosphoric acid groups is 1. The Balaban J connectivity index is 1.80. The molecule has 17 nitrogen and oxygen atoms in total. The van der Waals surface area contributed by atoms with E-state index in [1.54, 1.807) is 13.8 Å². The predicted molar refractivity (Wildman–Crippen MR) is 142 cm³/mol. The molecule has 1 saturated heterocycles. The predicted octanol–water partition coefficient (Wildman–Crippen LogP) is 4.01. The molecule has 2 aromatic rings. The van der Waals surface area contributed by atoms with Crippen molar-refractivity contribution in [3.63, 3.8) is 0 Å². The number of halogens is 2. The van der Waals surface area contributed by atoms with Gasteiger partial charge < -0.3 is 33.5 Å². The number of phosphoric ester groups is 1. The molecule has 3 heterocycles. The Kier molecular flexibility index (Phi) is 11.4. The number of aromatic nitrogens is 4. The minimum Gasteiger partial charge on any atom is -0.476 e. The molecule has 2 aromatic heterocycles. The van der Waals surface area contributed by atoms with Crippen molar-refractivity contribution in [1.82, 2.24) is 19.5 Å². The minimum atomic E-state index is -4.98. The van der Waals surface area contributed by atoms with E-state index in [2.05, 4.69) is 24.4 Å². The highest BCUT2D eigenvalue weighted by molar-refractivity contribution is 7.48. The molecule has 248 valence electrons. The van der Waals surface area contributed by atoms with Crippen LogP contribution in [0.25, 0.3) is 11.2 Å². The van der Waals surface area contributed by atoms with Crippen molar-refractivity contribution in [3.8, 4) is 5.88 Å². The number of aliphatic hydroxyl groups is 1. The van der Waals surface area contributed by atoms with E-state index in [4.69, 9.17) is 32.5 Å². The largest absolute Gasteiger partial charge is 0.510 e. The third-order valence-electron chi connectivity index (χ3n) is 5.63. The molecule has 0 spiro atoms. The maximum absolute atomic E-state index is 16.1. The summed E-state index contributed by atoms with van der Waals surface area (Å²) in [5, 5.41) is 10.7. The molecule has 1 N–H and O–H groups in total. The fourth-order valence-corrected chi connectivity index (χ4v) is 4.70. The standard InChI is InChI=1S/C24H35F2N4O13P/c1-8-35-18-16-17(28-15(6)29-18)30(10-27-16)20-23(7,25)19(31)24(26,43-20)9-38-44(34,39-11-36-21(32)41-13(2)3)40-12-37-22(33)42-14(4)5/h10,13-14,19-20,31H,8-9,11-12H2,1-7H3/t19-,20+,23+,24+/m0/s1. The summed E-state index contributed by atoms with van der Waals surface area (Å²) in [6.45, 7) is 6.86. The van der Waals surface area contributed by atoms with Crippen molar-refractivity contribution in [3.05, 3.63) is 12.2 Å². The van der Waals surface area contributed by atoms with Gasteiger partial charge in [0.15, 0.2) is 29.2 Å². The van der Waals surface area contributed by atoms with Crippen molar-refractivity contribution >= 4 is 31.3 Å². The van der Waals surface area contributed by atoms with Crippen LogP contribution in [0.2, 0.25) is 0 Å². The normalized spacial score (nSPS) is 23.7. The minimum absolute atomic E-state index is 0.0143. The van der Waals surface area contributed by atoms with Crippen LogP contribution in [-0.4, -0.2) is 93.6 Å². The van der Waals surface area contributed by atoms with E-state index in [0.717, 1.165) is 17.8 Å².